The summed E-state index contributed by atoms with van der Waals surface area (Å²) in [4.78, 5) is 55.8. The summed E-state index contributed by atoms with van der Waals surface area (Å²) < 4.78 is 5.44. The molecule has 0 radical (unpaired) electrons. The fraction of sp³-hybridized carbons (Fsp3) is 0.581. The van der Waals surface area contributed by atoms with Gasteiger partial charge in [-0.15, -0.1) is 10.2 Å². The van der Waals surface area contributed by atoms with Crippen molar-refractivity contribution >= 4 is 23.9 Å². The monoisotopic (exact) mass is 607 g/mol. The Labute approximate surface area is 256 Å². The van der Waals surface area contributed by atoms with Crippen LogP contribution in [0.3, 0.4) is 0 Å². The summed E-state index contributed by atoms with van der Waals surface area (Å²) in [6.07, 6.45) is 7.48. The van der Waals surface area contributed by atoms with Gasteiger partial charge in [-0.2, -0.15) is 4.80 Å². The molecule has 1 aromatic heterocycles. The van der Waals surface area contributed by atoms with Gasteiger partial charge in [0.05, 0.1) is 6.04 Å². The molecule has 2 aromatic rings. The molecule has 0 spiro atoms. The number of aromatic nitrogens is 4. The summed E-state index contributed by atoms with van der Waals surface area (Å²) in [7, 11) is 0. The maximum Gasteiger partial charge on any atom is 0.408 e. The van der Waals surface area contributed by atoms with Crippen LogP contribution in [0.25, 0.3) is 0 Å². The number of carbonyl (C=O) groups is 4. The molecule has 5 rings (SSSR count). The summed E-state index contributed by atoms with van der Waals surface area (Å²) in [5.74, 6) is -1.93. The highest BCUT2D eigenvalue weighted by Gasteiger charge is 2.61. The van der Waals surface area contributed by atoms with Gasteiger partial charge in [0, 0.05) is 25.3 Å². The van der Waals surface area contributed by atoms with Crippen molar-refractivity contribution in [1.29, 1.82) is 0 Å². The minimum absolute atomic E-state index is 0.0912. The van der Waals surface area contributed by atoms with Crippen molar-refractivity contribution < 1.29 is 29.0 Å². The smallest absolute Gasteiger partial charge is 0.408 e. The van der Waals surface area contributed by atoms with Crippen molar-refractivity contribution in [3.8, 4) is 0 Å². The average molecular weight is 608 g/mol. The van der Waals surface area contributed by atoms with Crippen LogP contribution >= 0.6 is 0 Å². The van der Waals surface area contributed by atoms with Crippen LogP contribution < -0.4 is 10.6 Å². The first-order chi connectivity index (χ1) is 20.9. The fourth-order valence-electron chi connectivity index (χ4n) is 5.95. The molecule has 236 valence electrons. The van der Waals surface area contributed by atoms with Gasteiger partial charge in [-0.05, 0) is 57.2 Å². The van der Waals surface area contributed by atoms with Gasteiger partial charge in [0.25, 0.3) is 0 Å². The number of carbonyl (C=O) groups excluding carboxylic acids is 3. The van der Waals surface area contributed by atoms with Crippen LogP contribution in [0.1, 0.15) is 83.1 Å². The minimum atomic E-state index is -1.41. The Morgan fingerprint density at radius 1 is 1.16 bits per heavy atom. The molecule has 5 atom stereocenters. The third-order valence-electron chi connectivity index (χ3n) is 8.33. The first-order valence-corrected chi connectivity index (χ1v) is 15.3. The number of rotatable bonds is 5. The quantitative estimate of drug-likeness (QED) is 0.433. The highest BCUT2D eigenvalue weighted by Crippen LogP contribution is 2.45. The second kappa shape index (κ2) is 12.7. The van der Waals surface area contributed by atoms with Crippen molar-refractivity contribution in [2.24, 2.45) is 5.92 Å². The van der Waals surface area contributed by atoms with Crippen LogP contribution in [0.4, 0.5) is 4.79 Å². The third-order valence-corrected chi connectivity index (χ3v) is 8.33. The molecule has 1 aliphatic carbocycles. The molecule has 1 aromatic carbocycles. The van der Waals surface area contributed by atoms with E-state index in [4.69, 9.17) is 4.74 Å². The maximum atomic E-state index is 14.1. The van der Waals surface area contributed by atoms with E-state index in [1.165, 1.54) is 9.70 Å². The highest BCUT2D eigenvalue weighted by molar-refractivity contribution is 5.96. The van der Waals surface area contributed by atoms with Gasteiger partial charge in [0.15, 0.2) is 5.82 Å². The number of alkyl carbamates (subject to hydrolysis) is 1. The first-order valence-electron chi connectivity index (χ1n) is 15.3. The maximum absolute atomic E-state index is 14.1. The number of hydrogen-bond acceptors (Lipinski definition) is 8. The number of carboxylic acids is 1. The Morgan fingerprint density at radius 2 is 1.93 bits per heavy atom. The van der Waals surface area contributed by atoms with Gasteiger partial charge in [-0.3, -0.25) is 9.59 Å². The van der Waals surface area contributed by atoms with Crippen molar-refractivity contribution in [2.45, 2.75) is 101 Å². The summed E-state index contributed by atoms with van der Waals surface area (Å²) in [5.41, 5.74) is -1.16. The van der Waals surface area contributed by atoms with Crippen molar-refractivity contribution in [2.75, 3.05) is 6.54 Å². The van der Waals surface area contributed by atoms with E-state index >= 15 is 0 Å². The molecule has 3 aliphatic rings. The average Bonchev–Trinajstić information content (AvgIpc) is 3.27. The number of amides is 3. The van der Waals surface area contributed by atoms with E-state index in [-0.39, 0.29) is 25.3 Å². The summed E-state index contributed by atoms with van der Waals surface area (Å²) in [5, 5.41) is 28.5. The third kappa shape index (κ3) is 7.25. The summed E-state index contributed by atoms with van der Waals surface area (Å²) in [6, 6.07) is 7.30. The summed E-state index contributed by atoms with van der Waals surface area (Å²) >= 11 is 0. The Morgan fingerprint density at radius 3 is 2.66 bits per heavy atom. The van der Waals surface area contributed by atoms with E-state index in [9.17, 15) is 24.3 Å². The zero-order valence-electron chi connectivity index (χ0n) is 25.4. The predicted molar refractivity (Wildman–Crippen MR) is 158 cm³/mol. The predicted octanol–water partition coefficient (Wildman–Crippen LogP) is 2.78. The van der Waals surface area contributed by atoms with E-state index in [1.807, 2.05) is 42.5 Å². The molecule has 4 unspecified atom stereocenters. The number of allylic oxidation sites excluding steroid dienone is 1. The topological polar surface area (TPSA) is 169 Å². The lowest BCUT2D eigenvalue weighted by Crippen LogP contribution is -2.56. The van der Waals surface area contributed by atoms with Crippen LogP contribution in [0.2, 0.25) is 0 Å². The molecular formula is C31H41N7O6. The van der Waals surface area contributed by atoms with Gasteiger partial charge in [-0.1, -0.05) is 55.3 Å². The molecule has 2 fully saturated rings. The molecule has 3 heterocycles. The summed E-state index contributed by atoms with van der Waals surface area (Å²) in [6.45, 7) is 5.31. The number of aliphatic carboxylic acids is 1. The molecule has 13 nitrogen and oxygen atoms in total. The van der Waals surface area contributed by atoms with E-state index < -0.39 is 53.1 Å². The van der Waals surface area contributed by atoms with E-state index in [1.54, 1.807) is 20.8 Å². The molecule has 1 saturated carbocycles. The second-order valence-electron chi connectivity index (χ2n) is 12.9. The lowest BCUT2D eigenvalue weighted by atomic mass is 10.0. The van der Waals surface area contributed by atoms with E-state index in [2.05, 4.69) is 26.0 Å². The SMILES string of the molecule is CC(C)(C)OC(=O)NC1CCCCC/C=C\C2CC2(C(=O)O)NC(=O)C2C[C@@H](n3nnc(Cc4ccccc4)n3)CN2C1=O. The second-order valence-corrected chi connectivity index (χ2v) is 12.9. The van der Waals surface area contributed by atoms with E-state index in [0.717, 1.165) is 24.8 Å². The Hall–Kier alpha value is -4.29. The van der Waals surface area contributed by atoms with Crippen molar-refractivity contribution in [1.82, 2.24) is 35.7 Å². The highest BCUT2D eigenvalue weighted by atomic mass is 16.6. The fourth-order valence-corrected chi connectivity index (χ4v) is 5.95. The molecule has 2 aliphatic heterocycles. The molecule has 13 heteroatoms. The van der Waals surface area contributed by atoms with Crippen molar-refractivity contribution in [3.63, 3.8) is 0 Å². The number of nitrogens with one attached hydrogen (secondary N) is 2. The zero-order valence-corrected chi connectivity index (χ0v) is 25.4. The van der Waals surface area contributed by atoms with Gasteiger partial charge < -0.3 is 25.4 Å². The van der Waals surface area contributed by atoms with Gasteiger partial charge in [0.2, 0.25) is 11.8 Å². The number of tetrazole rings is 1. The first kappa shape index (κ1) is 31.1. The molecule has 0 bridgehead atoms. The zero-order chi connectivity index (χ0) is 31.5. The molecule has 3 amide bonds. The van der Waals surface area contributed by atoms with Crippen LogP contribution in [0.15, 0.2) is 42.5 Å². The lowest BCUT2D eigenvalue weighted by molar-refractivity contribution is -0.145. The number of fused-ring (bicyclic) bond motifs is 2. The normalized spacial score (nSPS) is 28.5. The largest absolute Gasteiger partial charge is 0.479 e. The van der Waals surface area contributed by atoms with E-state index in [0.29, 0.717) is 25.1 Å². The molecular weight excluding hydrogens is 566 g/mol. The molecule has 3 N–H and O–H groups in total. The van der Waals surface area contributed by atoms with Gasteiger partial charge >= 0.3 is 12.1 Å². The van der Waals surface area contributed by atoms with Crippen LogP contribution in [0, 0.1) is 5.92 Å². The minimum Gasteiger partial charge on any atom is -0.479 e. The Balaban J connectivity index is 1.41. The Kier molecular flexibility index (Phi) is 9.02. The number of ether oxygens (including phenoxy) is 1. The van der Waals surface area contributed by atoms with Crippen LogP contribution in [-0.4, -0.2) is 83.9 Å². The number of hydrogen-bond donors (Lipinski definition) is 3. The Bertz CT molecular complexity index is 1400. The van der Waals surface area contributed by atoms with Crippen molar-refractivity contribution in [3.05, 3.63) is 53.9 Å². The van der Waals surface area contributed by atoms with Crippen LogP contribution in [0.5, 0.6) is 0 Å². The molecule has 44 heavy (non-hydrogen) atoms. The standard InChI is InChI=1S/C31H41N7O6/c1-30(2,3)44-29(43)32-23-15-11-6-4-5-10-14-21-18-31(21,28(41)42)33-26(39)24-17-22(19-37(24)27(23)40)38-35-25(34-36-38)16-20-12-8-7-9-13-20/h7-10,12-14,21-24H,4-6,11,15-19H2,1-3H3,(H,32,43)(H,33,39)(H,41,42)/b14-10-/t21?,22-,23?,24?,31?/m1/s1. The van der Waals surface area contributed by atoms with Gasteiger partial charge in [-0.25, -0.2) is 9.59 Å². The van der Waals surface area contributed by atoms with Crippen LogP contribution in [-0.2, 0) is 25.5 Å². The lowest BCUT2D eigenvalue weighted by Gasteiger charge is -2.30. The number of nitrogens with zero attached hydrogens (tertiary/aromatic N) is 5. The number of carboxylic acid groups (broad SMARTS) is 1. The van der Waals surface area contributed by atoms with Gasteiger partial charge in [0.1, 0.15) is 23.2 Å². The number of benzene rings is 1. The molecule has 1 saturated heterocycles.